The summed E-state index contributed by atoms with van der Waals surface area (Å²) in [5.74, 6) is -2.12. The highest BCUT2D eigenvalue weighted by Gasteiger charge is 2.16. The first kappa shape index (κ1) is 10.9. The van der Waals surface area contributed by atoms with Gasteiger partial charge in [-0.15, -0.1) is 0 Å². The molecule has 0 bridgehead atoms. The monoisotopic (exact) mass is 219 g/mol. The molecule has 1 amide bonds. The number of benzene rings is 1. The first-order chi connectivity index (χ1) is 6.45. The number of hydrogen-bond donors (Lipinski definition) is 0. The predicted octanol–water partition coefficient (Wildman–Crippen LogP) is 2.60. The van der Waals surface area contributed by atoms with Crippen LogP contribution in [-0.4, -0.2) is 13.0 Å². The maximum atomic E-state index is 13.3. The molecule has 0 unspecified atom stereocenters. The van der Waals surface area contributed by atoms with Crippen LogP contribution in [0.5, 0.6) is 0 Å². The van der Waals surface area contributed by atoms with Crippen LogP contribution in [0.25, 0.3) is 0 Å². The minimum absolute atomic E-state index is 0.0381. The number of carbonyl (C=O) groups excluding carboxylic acids is 1. The van der Waals surface area contributed by atoms with Crippen LogP contribution in [-0.2, 0) is 4.79 Å². The van der Waals surface area contributed by atoms with Gasteiger partial charge < -0.3 is 4.90 Å². The molecule has 0 aromatic heterocycles. The Morgan fingerprint density at radius 3 is 2.50 bits per heavy atom. The van der Waals surface area contributed by atoms with Gasteiger partial charge in [0.1, 0.15) is 10.8 Å². The molecule has 0 spiro atoms. The molecule has 1 aromatic carbocycles. The van der Waals surface area contributed by atoms with E-state index >= 15 is 0 Å². The quantitative estimate of drug-likeness (QED) is 0.665. The number of anilines is 1. The SMILES string of the molecule is CC(=O)N(C)c1ccc(F)c(Cl)c1F. The maximum Gasteiger partial charge on any atom is 0.223 e. The summed E-state index contributed by atoms with van der Waals surface area (Å²) in [6.07, 6.45) is 0. The second kappa shape index (κ2) is 3.92. The fourth-order valence-electron chi connectivity index (χ4n) is 0.944. The van der Waals surface area contributed by atoms with Crippen molar-refractivity contribution in [2.24, 2.45) is 0 Å². The average molecular weight is 220 g/mol. The molecule has 0 radical (unpaired) electrons. The smallest absolute Gasteiger partial charge is 0.223 e. The molecule has 0 saturated heterocycles. The van der Waals surface area contributed by atoms with E-state index < -0.39 is 16.7 Å². The minimum Gasteiger partial charge on any atom is -0.313 e. The summed E-state index contributed by atoms with van der Waals surface area (Å²) in [5, 5.41) is -0.601. The number of amides is 1. The lowest BCUT2D eigenvalue weighted by molar-refractivity contribution is -0.116. The highest BCUT2D eigenvalue weighted by molar-refractivity contribution is 6.31. The lowest BCUT2D eigenvalue weighted by Crippen LogP contribution is -2.24. The summed E-state index contributed by atoms with van der Waals surface area (Å²) < 4.78 is 26.1. The number of halogens is 3. The van der Waals surface area contributed by atoms with Gasteiger partial charge >= 0.3 is 0 Å². The Morgan fingerprint density at radius 1 is 1.43 bits per heavy atom. The first-order valence-electron chi connectivity index (χ1n) is 3.83. The van der Waals surface area contributed by atoms with Gasteiger partial charge in [-0.25, -0.2) is 8.78 Å². The van der Waals surface area contributed by atoms with E-state index in [0.29, 0.717) is 0 Å². The van der Waals surface area contributed by atoms with Crippen LogP contribution in [0.2, 0.25) is 5.02 Å². The van der Waals surface area contributed by atoms with Gasteiger partial charge in [0.25, 0.3) is 0 Å². The second-order valence-electron chi connectivity index (χ2n) is 2.77. The molecule has 0 aliphatic carbocycles. The van der Waals surface area contributed by atoms with Crippen molar-refractivity contribution in [1.82, 2.24) is 0 Å². The molecule has 0 aliphatic rings. The van der Waals surface area contributed by atoms with Crippen LogP contribution >= 0.6 is 11.6 Å². The molecule has 76 valence electrons. The fourth-order valence-corrected chi connectivity index (χ4v) is 1.10. The van der Waals surface area contributed by atoms with Crippen molar-refractivity contribution in [2.45, 2.75) is 6.92 Å². The normalized spacial score (nSPS) is 10.1. The van der Waals surface area contributed by atoms with Gasteiger partial charge in [0.05, 0.1) is 5.69 Å². The zero-order valence-electron chi connectivity index (χ0n) is 7.64. The van der Waals surface area contributed by atoms with Crippen molar-refractivity contribution < 1.29 is 13.6 Å². The molecule has 5 heteroatoms. The Kier molecular flexibility index (Phi) is 3.06. The predicted molar refractivity (Wildman–Crippen MR) is 50.5 cm³/mol. The van der Waals surface area contributed by atoms with E-state index in [0.717, 1.165) is 17.0 Å². The summed E-state index contributed by atoms with van der Waals surface area (Å²) in [6.45, 7) is 1.27. The first-order valence-corrected chi connectivity index (χ1v) is 4.20. The number of nitrogens with zero attached hydrogens (tertiary/aromatic N) is 1. The Hall–Kier alpha value is -1.16. The van der Waals surface area contributed by atoms with Crippen molar-refractivity contribution in [3.05, 3.63) is 28.8 Å². The van der Waals surface area contributed by atoms with Gasteiger partial charge in [-0.1, -0.05) is 11.6 Å². The van der Waals surface area contributed by atoms with E-state index in [9.17, 15) is 13.6 Å². The molecule has 0 fully saturated rings. The van der Waals surface area contributed by atoms with E-state index in [1.165, 1.54) is 14.0 Å². The topological polar surface area (TPSA) is 20.3 Å². The largest absolute Gasteiger partial charge is 0.313 e. The Morgan fingerprint density at radius 2 is 2.00 bits per heavy atom. The third kappa shape index (κ3) is 1.85. The molecule has 0 aliphatic heterocycles. The van der Waals surface area contributed by atoms with Gasteiger partial charge in [-0.05, 0) is 12.1 Å². The number of hydrogen-bond acceptors (Lipinski definition) is 1. The van der Waals surface area contributed by atoms with Gasteiger partial charge in [0.2, 0.25) is 5.91 Å². The standard InChI is InChI=1S/C9H8ClF2NO/c1-5(14)13(2)7-4-3-6(11)8(10)9(7)12/h3-4H,1-2H3. The summed E-state index contributed by atoms with van der Waals surface area (Å²) in [4.78, 5) is 12.0. The average Bonchev–Trinajstić information content (AvgIpc) is 2.13. The summed E-state index contributed by atoms with van der Waals surface area (Å²) in [6, 6.07) is 2.18. The summed E-state index contributed by atoms with van der Waals surface area (Å²) in [7, 11) is 1.38. The zero-order valence-corrected chi connectivity index (χ0v) is 8.40. The molecule has 0 atom stereocenters. The van der Waals surface area contributed by atoms with Crippen LogP contribution in [0.3, 0.4) is 0 Å². The highest BCUT2D eigenvalue weighted by Crippen LogP contribution is 2.27. The molecule has 14 heavy (non-hydrogen) atoms. The van der Waals surface area contributed by atoms with Gasteiger partial charge in [-0.3, -0.25) is 4.79 Å². The van der Waals surface area contributed by atoms with Crippen LogP contribution in [0.15, 0.2) is 12.1 Å². The molecule has 2 nitrogen and oxygen atoms in total. The van der Waals surface area contributed by atoms with E-state index in [4.69, 9.17) is 11.6 Å². The Balaban J connectivity index is 3.24. The molecule has 0 saturated carbocycles. The van der Waals surface area contributed by atoms with Gasteiger partial charge in [-0.2, -0.15) is 0 Å². The van der Waals surface area contributed by atoms with Crippen molar-refractivity contribution in [1.29, 1.82) is 0 Å². The molecule has 0 heterocycles. The lowest BCUT2D eigenvalue weighted by atomic mass is 10.2. The number of carbonyl (C=O) groups is 1. The third-order valence-corrected chi connectivity index (χ3v) is 2.19. The molecule has 1 rings (SSSR count). The molecular formula is C9H8ClF2NO. The van der Waals surface area contributed by atoms with Crippen LogP contribution in [0.4, 0.5) is 14.5 Å². The summed E-state index contributed by atoms with van der Waals surface area (Å²) in [5.41, 5.74) is -0.0381. The Bertz CT molecular complexity index is 381. The lowest BCUT2D eigenvalue weighted by Gasteiger charge is -2.16. The Labute approximate surface area is 85.1 Å². The molecular weight excluding hydrogens is 212 g/mol. The van der Waals surface area contributed by atoms with Gasteiger partial charge in [0.15, 0.2) is 5.82 Å². The van der Waals surface area contributed by atoms with Crippen LogP contribution in [0, 0.1) is 11.6 Å². The maximum absolute atomic E-state index is 13.3. The van der Waals surface area contributed by atoms with E-state index in [1.54, 1.807) is 0 Å². The third-order valence-electron chi connectivity index (χ3n) is 1.85. The van der Waals surface area contributed by atoms with Crippen molar-refractivity contribution in [3.8, 4) is 0 Å². The van der Waals surface area contributed by atoms with Crippen LogP contribution in [0.1, 0.15) is 6.92 Å². The van der Waals surface area contributed by atoms with Crippen molar-refractivity contribution in [2.75, 3.05) is 11.9 Å². The second-order valence-corrected chi connectivity index (χ2v) is 3.15. The fraction of sp³-hybridized carbons (Fsp3) is 0.222. The molecule has 1 aromatic rings. The summed E-state index contributed by atoms with van der Waals surface area (Å²) >= 11 is 5.34. The van der Waals surface area contributed by atoms with E-state index in [-0.39, 0.29) is 11.6 Å². The minimum atomic E-state index is -0.927. The van der Waals surface area contributed by atoms with E-state index in [2.05, 4.69) is 0 Å². The number of rotatable bonds is 1. The van der Waals surface area contributed by atoms with E-state index in [1.807, 2.05) is 0 Å². The van der Waals surface area contributed by atoms with Crippen molar-refractivity contribution in [3.63, 3.8) is 0 Å². The highest BCUT2D eigenvalue weighted by atomic mass is 35.5. The van der Waals surface area contributed by atoms with Gasteiger partial charge in [0, 0.05) is 14.0 Å². The molecule has 0 N–H and O–H groups in total. The van der Waals surface area contributed by atoms with Crippen LogP contribution < -0.4 is 4.90 Å². The van der Waals surface area contributed by atoms with Crippen molar-refractivity contribution >= 4 is 23.2 Å². The zero-order chi connectivity index (χ0) is 10.9.